The minimum Gasteiger partial charge on any atom is -0.507 e. The maximum Gasteiger partial charge on any atom is 0.254 e. The van der Waals surface area contributed by atoms with Gasteiger partial charge in [0.2, 0.25) is 0 Å². The SMILES string of the molecule is CN(Cc1ccncc1)C(=O)c1ccc(I)c(O)c1. The summed E-state index contributed by atoms with van der Waals surface area (Å²) in [7, 11) is 1.73. The molecule has 1 aromatic carbocycles. The zero-order valence-electron chi connectivity index (χ0n) is 10.4. The number of pyridine rings is 1. The normalized spacial score (nSPS) is 10.2. The average Bonchev–Trinajstić information content (AvgIpc) is 2.42. The van der Waals surface area contributed by atoms with Gasteiger partial charge in [-0.2, -0.15) is 0 Å². The van der Waals surface area contributed by atoms with Gasteiger partial charge in [-0.15, -0.1) is 0 Å². The Bertz CT molecular complexity index is 587. The predicted molar refractivity (Wildman–Crippen MR) is 80.9 cm³/mol. The molecule has 0 unspecified atom stereocenters. The number of hydrogen-bond donors (Lipinski definition) is 1. The van der Waals surface area contributed by atoms with Crippen molar-refractivity contribution in [2.24, 2.45) is 0 Å². The Morgan fingerprint density at radius 2 is 2.00 bits per heavy atom. The van der Waals surface area contributed by atoms with E-state index in [1.165, 1.54) is 6.07 Å². The molecule has 0 aliphatic carbocycles. The van der Waals surface area contributed by atoms with E-state index in [0.29, 0.717) is 12.1 Å². The topological polar surface area (TPSA) is 53.4 Å². The van der Waals surface area contributed by atoms with Crippen molar-refractivity contribution in [3.05, 3.63) is 57.4 Å². The van der Waals surface area contributed by atoms with Crippen molar-refractivity contribution in [3.63, 3.8) is 0 Å². The molecule has 19 heavy (non-hydrogen) atoms. The van der Waals surface area contributed by atoms with Gasteiger partial charge in [-0.3, -0.25) is 9.78 Å². The van der Waals surface area contributed by atoms with Gasteiger partial charge in [-0.1, -0.05) is 0 Å². The van der Waals surface area contributed by atoms with Gasteiger partial charge in [0.05, 0.1) is 3.57 Å². The van der Waals surface area contributed by atoms with Crippen molar-refractivity contribution in [3.8, 4) is 5.75 Å². The number of nitrogens with zero attached hydrogens (tertiary/aromatic N) is 2. The molecule has 1 N–H and O–H groups in total. The number of phenols is 1. The van der Waals surface area contributed by atoms with Crippen LogP contribution in [-0.4, -0.2) is 27.9 Å². The Kier molecular flexibility index (Phi) is 4.36. The summed E-state index contributed by atoms with van der Waals surface area (Å²) in [5.74, 6) is 0.00673. The van der Waals surface area contributed by atoms with Gasteiger partial charge in [-0.25, -0.2) is 0 Å². The molecule has 5 heteroatoms. The quantitative estimate of drug-likeness (QED) is 0.848. The second-order valence-electron chi connectivity index (χ2n) is 4.18. The van der Waals surface area contributed by atoms with Gasteiger partial charge in [0.25, 0.3) is 5.91 Å². The van der Waals surface area contributed by atoms with E-state index in [-0.39, 0.29) is 11.7 Å². The third-order valence-corrected chi connectivity index (χ3v) is 3.62. The Morgan fingerprint density at radius 1 is 1.32 bits per heavy atom. The summed E-state index contributed by atoms with van der Waals surface area (Å²) in [6.07, 6.45) is 3.40. The van der Waals surface area contributed by atoms with Crippen LogP contribution >= 0.6 is 22.6 Å². The molecular weight excluding hydrogens is 355 g/mol. The van der Waals surface area contributed by atoms with Crippen LogP contribution in [0.1, 0.15) is 15.9 Å². The fourth-order valence-electron chi connectivity index (χ4n) is 1.70. The Morgan fingerprint density at radius 3 is 2.63 bits per heavy atom. The first-order valence-electron chi connectivity index (χ1n) is 5.71. The van der Waals surface area contributed by atoms with Crippen molar-refractivity contribution >= 4 is 28.5 Å². The third-order valence-electron chi connectivity index (χ3n) is 2.71. The smallest absolute Gasteiger partial charge is 0.254 e. The summed E-state index contributed by atoms with van der Waals surface area (Å²) >= 11 is 2.02. The minimum absolute atomic E-state index is 0.122. The third kappa shape index (κ3) is 3.44. The highest BCUT2D eigenvalue weighted by atomic mass is 127. The van der Waals surface area contributed by atoms with Crippen LogP contribution in [0.5, 0.6) is 5.75 Å². The number of aromatic nitrogens is 1. The van der Waals surface area contributed by atoms with Crippen molar-refractivity contribution in [1.82, 2.24) is 9.88 Å². The lowest BCUT2D eigenvalue weighted by Crippen LogP contribution is -2.26. The fourth-order valence-corrected chi connectivity index (χ4v) is 2.04. The highest BCUT2D eigenvalue weighted by Crippen LogP contribution is 2.21. The van der Waals surface area contributed by atoms with Gasteiger partial charge in [0.15, 0.2) is 0 Å². The molecule has 0 atom stereocenters. The number of amides is 1. The minimum atomic E-state index is -0.122. The number of carbonyl (C=O) groups is 1. The molecule has 0 saturated heterocycles. The van der Waals surface area contributed by atoms with Crippen molar-refractivity contribution in [2.75, 3.05) is 7.05 Å². The van der Waals surface area contributed by atoms with Gasteiger partial charge in [-0.05, 0) is 58.5 Å². The van der Waals surface area contributed by atoms with Crippen LogP contribution in [0, 0.1) is 3.57 Å². The molecule has 1 amide bonds. The number of benzene rings is 1. The molecule has 2 aromatic rings. The van der Waals surface area contributed by atoms with E-state index in [9.17, 15) is 9.90 Å². The summed E-state index contributed by atoms with van der Waals surface area (Å²) in [5, 5.41) is 9.63. The molecule has 4 nitrogen and oxygen atoms in total. The first kappa shape index (κ1) is 13.8. The summed E-state index contributed by atoms with van der Waals surface area (Å²) in [5.41, 5.74) is 1.50. The molecule has 0 saturated carbocycles. The molecule has 1 heterocycles. The second-order valence-corrected chi connectivity index (χ2v) is 5.35. The molecule has 98 valence electrons. The Labute approximate surface area is 125 Å². The van der Waals surface area contributed by atoms with Gasteiger partial charge < -0.3 is 10.0 Å². The van der Waals surface area contributed by atoms with Crippen LogP contribution in [0.15, 0.2) is 42.7 Å². The van der Waals surface area contributed by atoms with Crippen LogP contribution in [0.4, 0.5) is 0 Å². The van der Waals surface area contributed by atoms with Crippen molar-refractivity contribution < 1.29 is 9.90 Å². The maximum absolute atomic E-state index is 12.2. The van der Waals surface area contributed by atoms with Gasteiger partial charge >= 0.3 is 0 Å². The van der Waals surface area contributed by atoms with Gasteiger partial charge in [0, 0.05) is 31.5 Å². The van der Waals surface area contributed by atoms with Crippen molar-refractivity contribution in [2.45, 2.75) is 6.54 Å². The summed E-state index contributed by atoms with van der Waals surface area (Å²) in [4.78, 5) is 17.8. The van der Waals surface area contributed by atoms with E-state index in [4.69, 9.17) is 0 Å². The molecule has 0 aliphatic heterocycles. The van der Waals surface area contributed by atoms with Crippen LogP contribution in [0.3, 0.4) is 0 Å². The molecule has 0 bridgehead atoms. The molecule has 0 aliphatic rings. The van der Waals surface area contributed by atoms with Gasteiger partial charge in [0.1, 0.15) is 5.75 Å². The molecule has 0 fully saturated rings. The lowest BCUT2D eigenvalue weighted by Gasteiger charge is -2.17. The lowest BCUT2D eigenvalue weighted by atomic mass is 10.2. The Hall–Kier alpha value is -1.63. The highest BCUT2D eigenvalue weighted by Gasteiger charge is 2.13. The van der Waals surface area contributed by atoms with Crippen LogP contribution in [0.25, 0.3) is 0 Å². The lowest BCUT2D eigenvalue weighted by molar-refractivity contribution is 0.0784. The largest absolute Gasteiger partial charge is 0.507 e. The number of rotatable bonds is 3. The first-order valence-corrected chi connectivity index (χ1v) is 6.78. The number of carbonyl (C=O) groups excluding carboxylic acids is 1. The van der Waals surface area contributed by atoms with Crippen LogP contribution < -0.4 is 0 Å². The second kappa shape index (κ2) is 6.01. The zero-order valence-corrected chi connectivity index (χ0v) is 12.5. The summed E-state index contributed by atoms with van der Waals surface area (Å²) in [6.45, 7) is 0.508. The Balaban J connectivity index is 2.12. The average molecular weight is 368 g/mol. The molecule has 0 spiro atoms. The standard InChI is InChI=1S/C14H13IN2O2/c1-17(9-10-4-6-16-7-5-10)14(19)11-2-3-12(15)13(18)8-11/h2-8,18H,9H2,1H3. The number of hydrogen-bond acceptors (Lipinski definition) is 3. The predicted octanol–water partition coefficient (Wildman–Crippen LogP) is 2.66. The first-order chi connectivity index (χ1) is 9.08. The summed E-state index contributed by atoms with van der Waals surface area (Å²) in [6, 6.07) is 8.67. The monoisotopic (exact) mass is 368 g/mol. The van der Waals surface area contributed by atoms with E-state index >= 15 is 0 Å². The molecule has 0 radical (unpaired) electrons. The molecule has 2 rings (SSSR count). The van der Waals surface area contributed by atoms with E-state index in [0.717, 1.165) is 9.13 Å². The van der Waals surface area contributed by atoms with E-state index in [1.807, 2.05) is 34.7 Å². The maximum atomic E-state index is 12.2. The highest BCUT2D eigenvalue weighted by molar-refractivity contribution is 14.1. The van der Waals surface area contributed by atoms with E-state index in [2.05, 4.69) is 4.98 Å². The molecule has 1 aromatic heterocycles. The van der Waals surface area contributed by atoms with Crippen molar-refractivity contribution in [1.29, 1.82) is 0 Å². The number of halogens is 1. The number of phenolic OH excluding ortho intramolecular Hbond substituents is 1. The fraction of sp³-hybridized carbons (Fsp3) is 0.143. The van der Waals surface area contributed by atoms with Crippen LogP contribution in [0.2, 0.25) is 0 Å². The van der Waals surface area contributed by atoms with E-state index < -0.39 is 0 Å². The molecular formula is C14H13IN2O2. The summed E-state index contributed by atoms with van der Waals surface area (Å²) < 4.78 is 0.728. The number of aromatic hydroxyl groups is 1. The zero-order chi connectivity index (χ0) is 13.8. The van der Waals surface area contributed by atoms with Crippen LogP contribution in [-0.2, 0) is 6.54 Å². The van der Waals surface area contributed by atoms with E-state index in [1.54, 1.807) is 36.5 Å².